The van der Waals surface area contributed by atoms with Crippen molar-refractivity contribution in [2.75, 3.05) is 0 Å². The van der Waals surface area contributed by atoms with E-state index in [1.807, 2.05) is 6.92 Å². The third kappa shape index (κ3) is 3.03. The first kappa shape index (κ1) is 12.9. The average Bonchev–Trinajstić information content (AvgIpc) is 2.34. The lowest BCUT2D eigenvalue weighted by Gasteiger charge is -2.06. The normalized spacial score (nSPS) is 10.2. The van der Waals surface area contributed by atoms with E-state index in [1.165, 1.54) is 0 Å². The van der Waals surface area contributed by atoms with Crippen molar-refractivity contribution in [2.24, 2.45) is 0 Å². The molecule has 0 heterocycles. The summed E-state index contributed by atoms with van der Waals surface area (Å²) in [5.41, 5.74) is 1.27. The van der Waals surface area contributed by atoms with Crippen LogP contribution >= 0.6 is 23.2 Å². The first-order chi connectivity index (χ1) is 8.56. The number of carbonyl (C=O) groups is 1. The summed E-state index contributed by atoms with van der Waals surface area (Å²) in [5, 5.41) is 1.13. The lowest BCUT2D eigenvalue weighted by Crippen LogP contribution is -2.08. The molecule has 0 aliphatic rings. The van der Waals surface area contributed by atoms with Gasteiger partial charge < -0.3 is 4.74 Å². The molecule has 2 aromatic rings. The van der Waals surface area contributed by atoms with Gasteiger partial charge in [-0.25, -0.2) is 4.79 Å². The summed E-state index contributed by atoms with van der Waals surface area (Å²) in [6.07, 6.45) is 0. The molecule has 0 aliphatic heterocycles. The number of aryl methyl sites for hydroxylation is 1. The van der Waals surface area contributed by atoms with Gasteiger partial charge in [0.15, 0.2) is 0 Å². The summed E-state index contributed by atoms with van der Waals surface area (Å²) in [6, 6.07) is 11.7. The highest BCUT2D eigenvalue weighted by molar-refractivity contribution is 6.31. The van der Waals surface area contributed by atoms with E-state index in [1.54, 1.807) is 42.5 Å². The van der Waals surface area contributed by atoms with Gasteiger partial charge in [0.2, 0.25) is 0 Å². The quantitative estimate of drug-likeness (QED) is 0.597. The maximum absolute atomic E-state index is 11.8. The molecule has 0 spiro atoms. The van der Waals surface area contributed by atoms with E-state index < -0.39 is 5.97 Å². The van der Waals surface area contributed by atoms with Crippen LogP contribution in [0.4, 0.5) is 0 Å². The van der Waals surface area contributed by atoms with Crippen molar-refractivity contribution in [3.05, 3.63) is 63.6 Å². The first-order valence-corrected chi connectivity index (χ1v) is 6.06. The van der Waals surface area contributed by atoms with Crippen LogP contribution in [0.3, 0.4) is 0 Å². The zero-order chi connectivity index (χ0) is 13.1. The van der Waals surface area contributed by atoms with Crippen molar-refractivity contribution in [1.29, 1.82) is 0 Å². The van der Waals surface area contributed by atoms with E-state index in [-0.39, 0.29) is 0 Å². The number of esters is 1. The molecule has 18 heavy (non-hydrogen) atoms. The van der Waals surface area contributed by atoms with Crippen molar-refractivity contribution in [3.8, 4) is 5.75 Å². The fourth-order valence-electron chi connectivity index (χ4n) is 1.46. The van der Waals surface area contributed by atoms with Crippen LogP contribution in [0.5, 0.6) is 5.75 Å². The molecular weight excluding hydrogens is 271 g/mol. The number of hydrogen-bond acceptors (Lipinski definition) is 2. The summed E-state index contributed by atoms with van der Waals surface area (Å²) in [5.74, 6) is 0.0149. The van der Waals surface area contributed by atoms with E-state index in [9.17, 15) is 4.79 Å². The van der Waals surface area contributed by atoms with E-state index in [0.29, 0.717) is 21.4 Å². The predicted molar refractivity (Wildman–Crippen MR) is 72.6 cm³/mol. The number of halogens is 2. The minimum atomic E-state index is -0.445. The van der Waals surface area contributed by atoms with Gasteiger partial charge in [0.05, 0.1) is 5.56 Å². The van der Waals surface area contributed by atoms with Crippen molar-refractivity contribution >= 4 is 29.2 Å². The molecule has 0 aromatic heterocycles. The Bertz CT molecular complexity index is 594. The minimum absolute atomic E-state index is 0.412. The van der Waals surface area contributed by atoms with Gasteiger partial charge >= 0.3 is 5.97 Å². The molecule has 0 amide bonds. The Morgan fingerprint density at radius 2 is 1.89 bits per heavy atom. The maximum atomic E-state index is 11.8. The van der Waals surface area contributed by atoms with Gasteiger partial charge in [-0.15, -0.1) is 0 Å². The number of benzene rings is 2. The van der Waals surface area contributed by atoms with Crippen molar-refractivity contribution < 1.29 is 9.53 Å². The number of rotatable bonds is 2. The molecule has 2 rings (SSSR count). The van der Waals surface area contributed by atoms with Crippen molar-refractivity contribution in [2.45, 2.75) is 6.92 Å². The minimum Gasteiger partial charge on any atom is -0.423 e. The molecule has 0 fully saturated rings. The van der Waals surface area contributed by atoms with Crippen LogP contribution in [0, 0.1) is 6.92 Å². The fraction of sp³-hybridized carbons (Fsp3) is 0.0714. The monoisotopic (exact) mass is 280 g/mol. The highest BCUT2D eigenvalue weighted by atomic mass is 35.5. The lowest BCUT2D eigenvalue weighted by molar-refractivity contribution is 0.0734. The third-order valence-electron chi connectivity index (χ3n) is 2.40. The Morgan fingerprint density at radius 3 is 2.56 bits per heavy atom. The van der Waals surface area contributed by atoms with E-state index in [2.05, 4.69) is 0 Å². The molecule has 2 nitrogen and oxygen atoms in total. The van der Waals surface area contributed by atoms with Gasteiger partial charge in [0, 0.05) is 10.0 Å². The molecule has 0 radical (unpaired) electrons. The summed E-state index contributed by atoms with van der Waals surface area (Å²) in [7, 11) is 0. The number of hydrogen-bond donors (Lipinski definition) is 0. The molecule has 2 aromatic carbocycles. The maximum Gasteiger partial charge on any atom is 0.343 e. The van der Waals surface area contributed by atoms with E-state index in [0.717, 1.165) is 5.56 Å². The Labute approximate surface area is 115 Å². The van der Waals surface area contributed by atoms with Gasteiger partial charge in [-0.1, -0.05) is 29.3 Å². The highest BCUT2D eigenvalue weighted by Crippen LogP contribution is 2.22. The van der Waals surface area contributed by atoms with Crippen LogP contribution in [-0.2, 0) is 0 Å². The second-order valence-corrected chi connectivity index (χ2v) is 4.65. The van der Waals surface area contributed by atoms with E-state index in [4.69, 9.17) is 27.9 Å². The molecule has 92 valence electrons. The Kier molecular flexibility index (Phi) is 3.90. The summed E-state index contributed by atoms with van der Waals surface area (Å²) < 4.78 is 5.24. The van der Waals surface area contributed by atoms with Gasteiger partial charge in [-0.2, -0.15) is 0 Å². The largest absolute Gasteiger partial charge is 0.423 e. The Hall–Kier alpha value is -1.51. The first-order valence-electron chi connectivity index (χ1n) is 5.30. The standard InChI is InChI=1S/C14H10Cl2O2/c1-9-7-12(5-6-13(9)16)18-14(17)10-3-2-4-11(15)8-10/h2-8H,1H3. The molecule has 4 heteroatoms. The van der Waals surface area contributed by atoms with Gasteiger partial charge in [-0.05, 0) is 48.9 Å². The molecular formula is C14H10Cl2O2. The molecule has 0 unspecified atom stereocenters. The number of ether oxygens (including phenoxy) is 1. The van der Waals surface area contributed by atoms with Crippen LogP contribution in [0.2, 0.25) is 10.0 Å². The predicted octanol–water partition coefficient (Wildman–Crippen LogP) is 4.52. The van der Waals surface area contributed by atoms with Gasteiger partial charge in [0.25, 0.3) is 0 Å². The molecule has 0 saturated heterocycles. The number of carbonyl (C=O) groups excluding carboxylic acids is 1. The molecule has 0 saturated carbocycles. The van der Waals surface area contributed by atoms with Crippen LogP contribution in [0.25, 0.3) is 0 Å². The topological polar surface area (TPSA) is 26.3 Å². The second kappa shape index (κ2) is 5.42. The SMILES string of the molecule is Cc1cc(OC(=O)c2cccc(Cl)c2)ccc1Cl. The zero-order valence-electron chi connectivity index (χ0n) is 9.61. The molecule has 0 bridgehead atoms. The zero-order valence-corrected chi connectivity index (χ0v) is 11.1. The van der Waals surface area contributed by atoms with Crippen molar-refractivity contribution in [3.63, 3.8) is 0 Å². The van der Waals surface area contributed by atoms with Crippen LogP contribution < -0.4 is 4.74 Å². The van der Waals surface area contributed by atoms with Crippen LogP contribution in [-0.4, -0.2) is 5.97 Å². The smallest absolute Gasteiger partial charge is 0.343 e. The van der Waals surface area contributed by atoms with Crippen molar-refractivity contribution in [1.82, 2.24) is 0 Å². The lowest BCUT2D eigenvalue weighted by atomic mass is 10.2. The Balaban J connectivity index is 2.18. The summed E-state index contributed by atoms with van der Waals surface area (Å²) in [6.45, 7) is 1.85. The Morgan fingerprint density at radius 1 is 1.11 bits per heavy atom. The van der Waals surface area contributed by atoms with E-state index >= 15 is 0 Å². The van der Waals surface area contributed by atoms with Gasteiger partial charge in [-0.3, -0.25) is 0 Å². The molecule has 0 N–H and O–H groups in total. The second-order valence-electron chi connectivity index (χ2n) is 3.81. The summed E-state index contributed by atoms with van der Waals surface area (Å²) in [4.78, 5) is 11.8. The summed E-state index contributed by atoms with van der Waals surface area (Å²) >= 11 is 11.7. The third-order valence-corrected chi connectivity index (χ3v) is 3.06. The fourth-order valence-corrected chi connectivity index (χ4v) is 1.77. The average molecular weight is 281 g/mol. The highest BCUT2D eigenvalue weighted by Gasteiger charge is 2.09. The molecule has 0 aliphatic carbocycles. The van der Waals surface area contributed by atoms with Crippen LogP contribution in [0.1, 0.15) is 15.9 Å². The van der Waals surface area contributed by atoms with Crippen LogP contribution in [0.15, 0.2) is 42.5 Å². The van der Waals surface area contributed by atoms with Gasteiger partial charge in [0.1, 0.15) is 5.75 Å². The molecule has 0 atom stereocenters.